The molecule has 35 heavy (non-hydrogen) atoms. The lowest BCUT2D eigenvalue weighted by molar-refractivity contribution is -0.134. The fraction of sp³-hybridized carbons (Fsp3) is 0.185. The molecule has 1 aliphatic rings. The van der Waals surface area contributed by atoms with Gasteiger partial charge < -0.3 is 14.8 Å². The summed E-state index contributed by atoms with van der Waals surface area (Å²) >= 11 is 0. The molecule has 0 aliphatic heterocycles. The number of fused-ring (bicyclic) bond motifs is 3. The van der Waals surface area contributed by atoms with Gasteiger partial charge in [0.25, 0.3) is 5.91 Å². The van der Waals surface area contributed by atoms with Crippen molar-refractivity contribution in [2.75, 3.05) is 0 Å². The van der Waals surface area contributed by atoms with Crippen LogP contribution in [0, 0.1) is 0 Å². The van der Waals surface area contributed by atoms with Gasteiger partial charge in [0, 0.05) is 12.8 Å². The standard InChI is InChI=1S/C27H24N2O6/c1-3-22(30)34-20-14-9-15-21(35-23(31)4-2)24(20)26(32)29-27(33)28-25-18-12-7-5-10-16(18)17-11-6-8-13-19(17)25/h5-15,25H,3-4H2,1-2H3,(H2,28,29,32,33). The van der Waals surface area contributed by atoms with E-state index in [0.717, 1.165) is 22.3 Å². The minimum Gasteiger partial charge on any atom is -0.426 e. The monoisotopic (exact) mass is 472 g/mol. The maximum absolute atomic E-state index is 13.1. The van der Waals surface area contributed by atoms with E-state index in [9.17, 15) is 19.2 Å². The quantitative estimate of drug-likeness (QED) is 0.403. The van der Waals surface area contributed by atoms with E-state index in [2.05, 4.69) is 10.6 Å². The maximum atomic E-state index is 13.1. The van der Waals surface area contributed by atoms with E-state index in [1.54, 1.807) is 13.8 Å². The number of amides is 3. The summed E-state index contributed by atoms with van der Waals surface area (Å²) < 4.78 is 10.5. The molecule has 4 rings (SSSR count). The molecule has 0 aromatic heterocycles. The van der Waals surface area contributed by atoms with Crippen molar-refractivity contribution in [2.24, 2.45) is 0 Å². The molecule has 2 N–H and O–H groups in total. The van der Waals surface area contributed by atoms with Gasteiger partial charge in [0.05, 0.1) is 6.04 Å². The van der Waals surface area contributed by atoms with Crippen molar-refractivity contribution in [2.45, 2.75) is 32.7 Å². The van der Waals surface area contributed by atoms with Crippen LogP contribution >= 0.6 is 0 Å². The van der Waals surface area contributed by atoms with Crippen molar-refractivity contribution >= 4 is 23.9 Å². The SMILES string of the molecule is CCC(=O)Oc1cccc(OC(=O)CC)c1C(=O)NC(=O)NC1c2ccccc2-c2ccccc21. The van der Waals surface area contributed by atoms with E-state index in [-0.39, 0.29) is 29.9 Å². The molecular formula is C27H24N2O6. The van der Waals surface area contributed by atoms with E-state index in [1.807, 2.05) is 48.5 Å². The Hall–Kier alpha value is -4.46. The number of hydrogen-bond donors (Lipinski definition) is 2. The number of carbonyl (C=O) groups is 4. The van der Waals surface area contributed by atoms with E-state index in [4.69, 9.17) is 9.47 Å². The molecular weight excluding hydrogens is 448 g/mol. The normalized spacial score (nSPS) is 11.7. The van der Waals surface area contributed by atoms with Crippen molar-refractivity contribution in [1.29, 1.82) is 0 Å². The molecule has 3 amide bonds. The Bertz CT molecular complexity index is 1230. The second kappa shape index (κ2) is 10.2. The predicted octanol–water partition coefficient (Wildman–Crippen LogP) is 4.53. The summed E-state index contributed by atoms with van der Waals surface area (Å²) in [5, 5.41) is 5.12. The maximum Gasteiger partial charge on any atom is 0.322 e. The lowest BCUT2D eigenvalue weighted by Crippen LogP contribution is -2.41. The first-order chi connectivity index (χ1) is 16.9. The van der Waals surface area contributed by atoms with Gasteiger partial charge in [-0.3, -0.25) is 19.7 Å². The molecule has 0 unspecified atom stereocenters. The van der Waals surface area contributed by atoms with Gasteiger partial charge in [-0.15, -0.1) is 0 Å². The van der Waals surface area contributed by atoms with Crippen molar-refractivity contribution < 1.29 is 28.7 Å². The zero-order chi connectivity index (χ0) is 24.9. The largest absolute Gasteiger partial charge is 0.426 e. The molecule has 8 nitrogen and oxygen atoms in total. The van der Waals surface area contributed by atoms with Gasteiger partial charge in [-0.05, 0) is 34.4 Å². The molecule has 0 bridgehead atoms. The minimum absolute atomic E-state index is 0.0705. The van der Waals surface area contributed by atoms with Crippen molar-refractivity contribution in [3.05, 3.63) is 83.4 Å². The second-order valence-electron chi connectivity index (χ2n) is 7.82. The zero-order valence-electron chi connectivity index (χ0n) is 19.3. The van der Waals surface area contributed by atoms with Crippen LogP contribution < -0.4 is 20.1 Å². The lowest BCUT2D eigenvalue weighted by atomic mass is 10.1. The fourth-order valence-corrected chi connectivity index (χ4v) is 3.94. The van der Waals surface area contributed by atoms with Gasteiger partial charge in [-0.25, -0.2) is 4.79 Å². The third kappa shape index (κ3) is 4.91. The van der Waals surface area contributed by atoms with Crippen LogP contribution in [-0.4, -0.2) is 23.9 Å². The molecule has 0 spiro atoms. The molecule has 8 heteroatoms. The second-order valence-corrected chi connectivity index (χ2v) is 7.82. The first-order valence-electron chi connectivity index (χ1n) is 11.3. The number of imide groups is 1. The van der Waals surface area contributed by atoms with E-state index < -0.39 is 29.9 Å². The average Bonchev–Trinajstić information content (AvgIpc) is 3.17. The number of ether oxygens (including phenoxy) is 2. The van der Waals surface area contributed by atoms with Crippen LogP contribution in [0.15, 0.2) is 66.7 Å². The van der Waals surface area contributed by atoms with Gasteiger partial charge in [-0.1, -0.05) is 68.4 Å². The molecule has 178 valence electrons. The summed E-state index contributed by atoms with van der Waals surface area (Å²) in [6.07, 6.45) is 0.141. The Morgan fingerprint density at radius 2 is 1.20 bits per heavy atom. The van der Waals surface area contributed by atoms with Gasteiger partial charge in [0.2, 0.25) is 0 Å². The molecule has 0 radical (unpaired) electrons. The molecule has 0 saturated carbocycles. The number of benzene rings is 3. The van der Waals surface area contributed by atoms with E-state index >= 15 is 0 Å². The number of urea groups is 1. The van der Waals surface area contributed by atoms with Crippen molar-refractivity contribution in [3.8, 4) is 22.6 Å². The van der Waals surface area contributed by atoms with E-state index in [0.29, 0.717) is 0 Å². The van der Waals surface area contributed by atoms with Crippen LogP contribution in [0.5, 0.6) is 11.5 Å². The highest BCUT2D eigenvalue weighted by molar-refractivity contribution is 6.08. The minimum atomic E-state index is -0.875. The van der Waals surface area contributed by atoms with Gasteiger partial charge in [0.15, 0.2) is 0 Å². The Morgan fingerprint density at radius 3 is 1.69 bits per heavy atom. The van der Waals surface area contributed by atoms with Crippen LogP contribution in [0.25, 0.3) is 11.1 Å². The predicted molar refractivity (Wildman–Crippen MR) is 128 cm³/mol. The Morgan fingerprint density at radius 1 is 0.714 bits per heavy atom. The molecule has 1 aliphatic carbocycles. The topological polar surface area (TPSA) is 111 Å². The summed E-state index contributed by atoms with van der Waals surface area (Å²) in [5.74, 6) is -2.26. The fourth-order valence-electron chi connectivity index (χ4n) is 3.94. The highest BCUT2D eigenvalue weighted by Crippen LogP contribution is 2.43. The number of carbonyl (C=O) groups excluding carboxylic acids is 4. The van der Waals surface area contributed by atoms with Crippen LogP contribution in [0.1, 0.15) is 54.2 Å². The molecule has 0 atom stereocenters. The van der Waals surface area contributed by atoms with Crippen LogP contribution in [0.4, 0.5) is 4.79 Å². The molecule has 0 heterocycles. The first-order valence-corrected chi connectivity index (χ1v) is 11.3. The molecule has 3 aromatic carbocycles. The van der Waals surface area contributed by atoms with Gasteiger partial charge in [-0.2, -0.15) is 0 Å². The molecule has 0 saturated heterocycles. The summed E-state index contributed by atoms with van der Waals surface area (Å²) in [7, 11) is 0. The Balaban J connectivity index is 1.60. The third-order valence-corrected chi connectivity index (χ3v) is 5.58. The average molecular weight is 472 g/mol. The summed E-state index contributed by atoms with van der Waals surface area (Å²) in [6, 6.07) is 18.5. The Kier molecular flexibility index (Phi) is 6.91. The smallest absolute Gasteiger partial charge is 0.322 e. The summed E-state index contributed by atoms with van der Waals surface area (Å²) in [4.78, 5) is 49.9. The number of hydrogen-bond acceptors (Lipinski definition) is 6. The zero-order valence-corrected chi connectivity index (χ0v) is 19.3. The van der Waals surface area contributed by atoms with Crippen LogP contribution in [0.3, 0.4) is 0 Å². The summed E-state index contributed by atoms with van der Waals surface area (Å²) in [6.45, 7) is 3.21. The first kappa shape index (κ1) is 23.7. The van der Waals surface area contributed by atoms with Crippen molar-refractivity contribution in [3.63, 3.8) is 0 Å². The van der Waals surface area contributed by atoms with Crippen molar-refractivity contribution in [1.82, 2.24) is 10.6 Å². The summed E-state index contributed by atoms with van der Waals surface area (Å²) in [5.41, 5.74) is 3.60. The lowest BCUT2D eigenvalue weighted by Gasteiger charge is -2.17. The number of nitrogens with one attached hydrogen (secondary N) is 2. The molecule has 3 aromatic rings. The number of rotatable bonds is 6. The van der Waals surface area contributed by atoms with Gasteiger partial charge in [0.1, 0.15) is 17.1 Å². The van der Waals surface area contributed by atoms with Gasteiger partial charge >= 0.3 is 18.0 Å². The van der Waals surface area contributed by atoms with Crippen LogP contribution in [-0.2, 0) is 9.59 Å². The third-order valence-electron chi connectivity index (χ3n) is 5.58. The highest BCUT2D eigenvalue weighted by Gasteiger charge is 2.30. The van der Waals surface area contributed by atoms with E-state index in [1.165, 1.54) is 18.2 Å². The number of esters is 2. The molecule has 0 fully saturated rings. The van der Waals surface area contributed by atoms with Crippen LogP contribution in [0.2, 0.25) is 0 Å². The highest BCUT2D eigenvalue weighted by atomic mass is 16.5. The Labute approximate surface area is 202 Å².